The van der Waals surface area contributed by atoms with E-state index in [1.165, 1.54) is 29.2 Å². The van der Waals surface area contributed by atoms with Gasteiger partial charge in [0.15, 0.2) is 0 Å². The van der Waals surface area contributed by atoms with Crippen molar-refractivity contribution >= 4 is 35.0 Å². The molecule has 4 rings (SSSR count). The van der Waals surface area contributed by atoms with E-state index in [9.17, 15) is 37.9 Å². The lowest BCUT2D eigenvalue weighted by Crippen LogP contribution is -2.43. The average Bonchev–Trinajstić information content (AvgIpc) is 2.97. The molecule has 3 aromatic rings. The summed E-state index contributed by atoms with van der Waals surface area (Å²) in [5.41, 5.74) is -2.57. The van der Waals surface area contributed by atoms with Crippen LogP contribution in [0.5, 0.6) is 5.75 Å². The molecule has 1 aromatic heterocycles. The average molecular weight is 647 g/mol. The van der Waals surface area contributed by atoms with Crippen LogP contribution in [-0.2, 0) is 22.3 Å². The van der Waals surface area contributed by atoms with Crippen LogP contribution in [0.25, 0.3) is 22.4 Å². The molecular formula is C31H27Cl2F3N4O4. The third-order valence-corrected chi connectivity index (χ3v) is 8.02. The predicted octanol–water partition coefficient (Wildman–Crippen LogP) is 6.38. The van der Waals surface area contributed by atoms with Crippen LogP contribution in [0, 0.1) is 17.2 Å². The monoisotopic (exact) mass is 646 g/mol. The van der Waals surface area contributed by atoms with E-state index in [2.05, 4.69) is 11.6 Å². The fourth-order valence-corrected chi connectivity index (χ4v) is 5.65. The number of phenols is 1. The largest absolute Gasteiger partial charge is 0.507 e. The molecule has 0 aliphatic carbocycles. The van der Waals surface area contributed by atoms with Crippen LogP contribution >= 0.6 is 23.2 Å². The molecule has 0 atom stereocenters. The zero-order chi connectivity index (χ0) is 32.3. The quantitative estimate of drug-likeness (QED) is 0.289. The molecule has 8 nitrogen and oxygen atoms in total. The van der Waals surface area contributed by atoms with Crippen LogP contribution in [0.2, 0.25) is 10.0 Å². The van der Waals surface area contributed by atoms with E-state index in [1.807, 2.05) is 0 Å². The van der Waals surface area contributed by atoms with Gasteiger partial charge >= 0.3 is 6.18 Å². The number of phenolic OH excluding ortho intramolecular Hbond substituents is 1. The number of rotatable bonds is 7. The lowest BCUT2D eigenvalue weighted by molar-refractivity contribution is -0.139. The number of nitriles is 1. The summed E-state index contributed by atoms with van der Waals surface area (Å²) in [6, 6.07) is 8.29. The number of carbonyl (C=O) groups excluding carboxylic acids is 2. The molecule has 2 heterocycles. The topological polar surface area (TPSA) is 117 Å². The van der Waals surface area contributed by atoms with Crippen molar-refractivity contribution < 1.29 is 27.9 Å². The lowest BCUT2D eigenvalue weighted by Gasteiger charge is -2.33. The standard InChI is InChI=1S/C31H27Cl2F3N4O4/c1-3-4-27(41)40-9-7-17(8-10-40)30(44)39(2)16-18-11-20(32)13-23(28(18)42)26-14-21(24(15-37)29(43)38-26)22-12-19(31(34,35)36)5-6-25(22)33/h3,5-6,11-14,17,42H,1,4,7-10,16H2,2H3,(H,38,43). The van der Waals surface area contributed by atoms with E-state index in [0.717, 1.165) is 18.2 Å². The molecule has 1 saturated heterocycles. The van der Waals surface area contributed by atoms with Gasteiger partial charge in [-0.3, -0.25) is 14.4 Å². The molecule has 0 bridgehead atoms. The molecule has 1 aliphatic rings. The maximum absolute atomic E-state index is 13.4. The number of hydrogen-bond donors (Lipinski definition) is 2. The molecule has 0 radical (unpaired) electrons. The summed E-state index contributed by atoms with van der Waals surface area (Å²) >= 11 is 12.6. The second kappa shape index (κ2) is 13.2. The number of carbonyl (C=O) groups is 2. The van der Waals surface area contributed by atoms with Gasteiger partial charge in [-0.1, -0.05) is 29.3 Å². The van der Waals surface area contributed by atoms with E-state index in [1.54, 1.807) is 18.0 Å². The van der Waals surface area contributed by atoms with E-state index < -0.39 is 22.9 Å². The molecule has 1 fully saturated rings. The van der Waals surface area contributed by atoms with Gasteiger partial charge in [-0.05, 0) is 49.2 Å². The highest BCUT2D eigenvalue weighted by atomic mass is 35.5. The molecule has 0 saturated carbocycles. The van der Waals surface area contributed by atoms with Gasteiger partial charge < -0.3 is 19.9 Å². The Labute approximate surface area is 260 Å². The SMILES string of the molecule is C=CCC(=O)N1CCC(C(=O)N(C)Cc2cc(Cl)cc(-c3cc(-c4cc(C(F)(F)F)ccc4Cl)c(C#N)c(=O)[nH]3)c2O)CC1. The van der Waals surface area contributed by atoms with E-state index in [-0.39, 0.29) is 74.4 Å². The highest BCUT2D eigenvalue weighted by molar-refractivity contribution is 6.33. The van der Waals surface area contributed by atoms with Gasteiger partial charge in [0.05, 0.1) is 11.3 Å². The molecular weight excluding hydrogens is 620 g/mol. The fourth-order valence-electron chi connectivity index (χ4n) is 5.19. The van der Waals surface area contributed by atoms with Gasteiger partial charge in [-0.2, -0.15) is 18.4 Å². The fraction of sp³-hybridized carbons (Fsp3) is 0.290. The summed E-state index contributed by atoms with van der Waals surface area (Å²) in [5, 5.41) is 20.9. The van der Waals surface area contributed by atoms with Gasteiger partial charge in [0.25, 0.3) is 5.56 Å². The minimum atomic E-state index is -4.71. The summed E-state index contributed by atoms with van der Waals surface area (Å²) < 4.78 is 40.3. The Morgan fingerprint density at radius 1 is 1.16 bits per heavy atom. The summed E-state index contributed by atoms with van der Waals surface area (Å²) in [6.45, 7) is 4.40. The Hall–Kier alpha value is -4.27. The van der Waals surface area contributed by atoms with Crippen LogP contribution in [0.15, 0.2) is 53.8 Å². The zero-order valence-electron chi connectivity index (χ0n) is 23.5. The highest BCUT2D eigenvalue weighted by Crippen LogP contribution is 2.40. The van der Waals surface area contributed by atoms with Crippen molar-refractivity contribution in [3.05, 3.63) is 86.1 Å². The van der Waals surface area contributed by atoms with Crippen LogP contribution in [-0.4, -0.2) is 51.8 Å². The number of amides is 2. The van der Waals surface area contributed by atoms with Gasteiger partial charge in [-0.25, -0.2) is 0 Å². The van der Waals surface area contributed by atoms with Gasteiger partial charge in [0.2, 0.25) is 11.8 Å². The van der Waals surface area contributed by atoms with Gasteiger partial charge in [-0.15, -0.1) is 6.58 Å². The Morgan fingerprint density at radius 2 is 1.84 bits per heavy atom. The number of H-pyrrole nitrogens is 1. The molecule has 13 heteroatoms. The molecule has 2 N–H and O–H groups in total. The number of pyridine rings is 1. The molecule has 0 spiro atoms. The number of likely N-dealkylation sites (tertiary alicyclic amines) is 1. The molecule has 2 amide bonds. The third kappa shape index (κ3) is 6.93. The smallest absolute Gasteiger partial charge is 0.416 e. The van der Waals surface area contributed by atoms with Crippen molar-refractivity contribution in [1.82, 2.24) is 14.8 Å². The second-order valence-electron chi connectivity index (χ2n) is 10.4. The number of halogens is 5. The number of aromatic nitrogens is 1. The van der Waals surface area contributed by atoms with Crippen molar-refractivity contribution in [2.45, 2.75) is 32.0 Å². The molecule has 2 aromatic carbocycles. The lowest BCUT2D eigenvalue weighted by atomic mass is 9.94. The van der Waals surface area contributed by atoms with Gasteiger partial charge in [0, 0.05) is 71.3 Å². The number of alkyl halides is 3. The number of hydrogen-bond acceptors (Lipinski definition) is 5. The summed E-state index contributed by atoms with van der Waals surface area (Å²) in [5.74, 6) is -0.895. The highest BCUT2D eigenvalue weighted by Gasteiger charge is 2.32. The molecule has 0 unspecified atom stereocenters. The zero-order valence-corrected chi connectivity index (χ0v) is 25.0. The van der Waals surface area contributed by atoms with Crippen LogP contribution < -0.4 is 5.56 Å². The minimum absolute atomic E-state index is 0.0216. The molecule has 44 heavy (non-hydrogen) atoms. The Kier molecular flexibility index (Phi) is 9.76. The molecule has 1 aliphatic heterocycles. The predicted molar refractivity (Wildman–Crippen MR) is 160 cm³/mol. The van der Waals surface area contributed by atoms with Gasteiger partial charge in [0.1, 0.15) is 17.4 Å². The minimum Gasteiger partial charge on any atom is -0.507 e. The Bertz CT molecular complexity index is 1720. The van der Waals surface area contributed by atoms with Crippen molar-refractivity contribution in [3.63, 3.8) is 0 Å². The van der Waals surface area contributed by atoms with Crippen molar-refractivity contribution in [3.8, 4) is 34.2 Å². The number of benzene rings is 2. The van der Waals surface area contributed by atoms with E-state index in [0.29, 0.717) is 25.9 Å². The summed E-state index contributed by atoms with van der Waals surface area (Å²) in [7, 11) is 1.56. The molecule has 230 valence electrons. The maximum Gasteiger partial charge on any atom is 0.416 e. The second-order valence-corrected chi connectivity index (χ2v) is 11.3. The van der Waals surface area contributed by atoms with E-state index in [4.69, 9.17) is 23.2 Å². The van der Waals surface area contributed by atoms with Crippen molar-refractivity contribution in [1.29, 1.82) is 5.26 Å². The number of aromatic hydroxyl groups is 1. The first-order chi connectivity index (χ1) is 20.7. The first-order valence-corrected chi connectivity index (χ1v) is 14.2. The number of aromatic amines is 1. The van der Waals surface area contributed by atoms with E-state index >= 15 is 0 Å². The van der Waals surface area contributed by atoms with Crippen LogP contribution in [0.3, 0.4) is 0 Å². The van der Waals surface area contributed by atoms with Crippen LogP contribution in [0.1, 0.15) is 36.0 Å². The first kappa shape index (κ1) is 32.6. The summed E-state index contributed by atoms with van der Waals surface area (Å²) in [6.07, 6.45) is -1.99. The van der Waals surface area contributed by atoms with Crippen molar-refractivity contribution in [2.24, 2.45) is 5.92 Å². The first-order valence-electron chi connectivity index (χ1n) is 13.4. The Morgan fingerprint density at radius 3 is 2.45 bits per heavy atom. The van der Waals surface area contributed by atoms with Crippen molar-refractivity contribution in [2.75, 3.05) is 20.1 Å². The number of piperidine rings is 1. The summed E-state index contributed by atoms with van der Waals surface area (Å²) in [4.78, 5) is 43.9. The third-order valence-electron chi connectivity index (χ3n) is 7.47. The van der Waals surface area contributed by atoms with Crippen LogP contribution in [0.4, 0.5) is 13.2 Å². The maximum atomic E-state index is 13.4. The normalized spacial score (nSPS) is 13.8. The number of nitrogens with zero attached hydrogens (tertiary/aromatic N) is 3. The Balaban J connectivity index is 1.66. The number of nitrogens with one attached hydrogen (secondary N) is 1.